The van der Waals surface area contributed by atoms with E-state index in [9.17, 15) is 4.39 Å². The molecule has 9 nitrogen and oxygen atoms in total. The van der Waals surface area contributed by atoms with Gasteiger partial charge in [-0.25, -0.2) is 14.4 Å². The lowest BCUT2D eigenvalue weighted by molar-refractivity contribution is 0.268. The van der Waals surface area contributed by atoms with Gasteiger partial charge in [0.1, 0.15) is 30.5 Å². The maximum atomic E-state index is 14.1. The zero-order chi connectivity index (χ0) is 31.7. The van der Waals surface area contributed by atoms with Crippen molar-refractivity contribution in [1.82, 2.24) is 24.5 Å². The zero-order valence-electron chi connectivity index (χ0n) is 25.8. The Morgan fingerprint density at radius 2 is 1.78 bits per heavy atom. The fourth-order valence-corrected chi connectivity index (χ4v) is 5.61. The van der Waals surface area contributed by atoms with Crippen LogP contribution in [0.3, 0.4) is 0 Å². The molecule has 6 aromatic rings. The van der Waals surface area contributed by atoms with Crippen LogP contribution in [0.15, 0.2) is 91.3 Å². The van der Waals surface area contributed by atoms with Crippen molar-refractivity contribution in [3.63, 3.8) is 0 Å². The number of fused-ring (bicyclic) bond motifs is 3. The summed E-state index contributed by atoms with van der Waals surface area (Å²) >= 11 is 0. The van der Waals surface area contributed by atoms with Gasteiger partial charge < -0.3 is 19.5 Å². The van der Waals surface area contributed by atoms with Crippen molar-refractivity contribution in [2.24, 2.45) is 0 Å². The van der Waals surface area contributed by atoms with Crippen molar-refractivity contribution < 1.29 is 18.6 Å². The van der Waals surface area contributed by atoms with Gasteiger partial charge in [0.05, 0.1) is 18.8 Å². The first-order valence-electron chi connectivity index (χ1n) is 15.1. The molecule has 0 atom stereocenters. The first-order chi connectivity index (χ1) is 22.4. The highest BCUT2D eigenvalue weighted by Crippen LogP contribution is 2.38. The van der Waals surface area contributed by atoms with E-state index < -0.39 is 5.82 Å². The number of hydrogen-bond acceptors (Lipinski definition) is 8. The number of anilines is 1. The normalized spacial score (nSPS) is 13.3. The van der Waals surface area contributed by atoms with Crippen LogP contribution in [-0.2, 0) is 18.6 Å². The average Bonchev–Trinajstić information content (AvgIpc) is 3.61. The summed E-state index contributed by atoms with van der Waals surface area (Å²) in [7, 11) is 1.66. The van der Waals surface area contributed by atoms with Crippen molar-refractivity contribution in [2.75, 3.05) is 25.6 Å². The van der Waals surface area contributed by atoms with Gasteiger partial charge in [-0.1, -0.05) is 48.5 Å². The quantitative estimate of drug-likeness (QED) is 0.175. The van der Waals surface area contributed by atoms with E-state index in [2.05, 4.69) is 42.3 Å². The largest absolute Gasteiger partial charge is 0.497 e. The number of nitrogens with zero attached hydrogens (tertiary/aromatic N) is 5. The molecule has 0 unspecified atom stereocenters. The Labute approximate surface area is 266 Å². The fraction of sp³-hybridized carbons (Fsp3) is 0.222. The number of methoxy groups -OCH3 is 1. The third-order valence-electron chi connectivity index (χ3n) is 7.97. The van der Waals surface area contributed by atoms with E-state index in [1.807, 2.05) is 59.2 Å². The van der Waals surface area contributed by atoms with Crippen LogP contribution in [-0.4, -0.2) is 44.8 Å². The van der Waals surface area contributed by atoms with Crippen LogP contribution in [0.25, 0.3) is 33.7 Å². The summed E-state index contributed by atoms with van der Waals surface area (Å²) in [5, 5.41) is 3.47. The highest BCUT2D eigenvalue weighted by atomic mass is 19.1. The second kappa shape index (κ2) is 12.1. The Morgan fingerprint density at radius 1 is 0.913 bits per heavy atom. The van der Waals surface area contributed by atoms with Crippen LogP contribution in [0.4, 0.5) is 10.2 Å². The predicted molar refractivity (Wildman–Crippen MR) is 175 cm³/mol. The lowest BCUT2D eigenvalue weighted by Gasteiger charge is -2.18. The van der Waals surface area contributed by atoms with Crippen LogP contribution in [0.1, 0.15) is 25.0 Å². The molecular weight excluding hydrogens is 583 g/mol. The molecule has 232 valence electrons. The monoisotopic (exact) mass is 616 g/mol. The van der Waals surface area contributed by atoms with E-state index in [-0.39, 0.29) is 5.54 Å². The molecule has 0 aliphatic carbocycles. The van der Waals surface area contributed by atoms with Gasteiger partial charge in [-0.3, -0.25) is 9.55 Å². The van der Waals surface area contributed by atoms with E-state index in [0.717, 1.165) is 39.9 Å². The van der Waals surface area contributed by atoms with Crippen molar-refractivity contribution in [1.29, 1.82) is 0 Å². The summed E-state index contributed by atoms with van der Waals surface area (Å²) in [6, 6.07) is 26.2. The second-order valence-electron chi connectivity index (χ2n) is 11.8. The molecule has 4 heterocycles. The number of rotatable bonds is 10. The molecule has 1 aliphatic rings. The number of halogens is 1. The molecular formula is C36H33FN6O3. The summed E-state index contributed by atoms with van der Waals surface area (Å²) in [4.78, 5) is 18.3. The summed E-state index contributed by atoms with van der Waals surface area (Å²) in [6.07, 6.45) is 3.40. The molecule has 46 heavy (non-hydrogen) atoms. The SMILES string of the molecule is COc1cccc(-c2cc(CCNc3nc(-c4cncc(F)c4)nc4c3nc3n4C(C)(C)CO3)ccc2OCc2ccccc2)c1. The Kier molecular flexibility index (Phi) is 7.69. The number of ether oxygens (including phenoxy) is 3. The van der Waals surface area contributed by atoms with Crippen LogP contribution >= 0.6 is 0 Å². The molecule has 1 aliphatic heterocycles. The molecule has 3 aromatic heterocycles. The molecule has 3 aromatic carbocycles. The average molecular weight is 617 g/mol. The minimum atomic E-state index is -0.457. The van der Waals surface area contributed by atoms with Gasteiger partial charge in [-0.05, 0) is 67.3 Å². The van der Waals surface area contributed by atoms with E-state index in [4.69, 9.17) is 29.2 Å². The molecule has 0 spiro atoms. The number of aromatic nitrogens is 5. The first kappa shape index (κ1) is 29.2. The van der Waals surface area contributed by atoms with Gasteiger partial charge in [0.2, 0.25) is 0 Å². The molecule has 10 heteroatoms. The lowest BCUT2D eigenvalue weighted by atomic mass is 10.00. The maximum Gasteiger partial charge on any atom is 0.299 e. The third-order valence-corrected chi connectivity index (χ3v) is 7.97. The number of pyridine rings is 1. The molecule has 0 saturated carbocycles. The second-order valence-corrected chi connectivity index (χ2v) is 11.8. The molecule has 0 radical (unpaired) electrons. The first-order valence-corrected chi connectivity index (χ1v) is 15.1. The summed E-state index contributed by atoms with van der Waals surface area (Å²) in [6.45, 7) is 5.63. The van der Waals surface area contributed by atoms with Crippen molar-refractivity contribution in [2.45, 2.75) is 32.4 Å². The lowest BCUT2D eigenvalue weighted by Crippen LogP contribution is -2.25. The van der Waals surface area contributed by atoms with Crippen molar-refractivity contribution >= 4 is 17.0 Å². The Morgan fingerprint density at radius 3 is 2.61 bits per heavy atom. The number of nitrogens with one attached hydrogen (secondary N) is 1. The van der Waals surface area contributed by atoms with E-state index in [1.165, 1.54) is 6.07 Å². The Hall–Kier alpha value is -5.51. The summed E-state index contributed by atoms with van der Waals surface area (Å²) < 4.78 is 33.8. The summed E-state index contributed by atoms with van der Waals surface area (Å²) in [5.41, 5.74) is 5.51. The van der Waals surface area contributed by atoms with Gasteiger partial charge in [0.15, 0.2) is 22.8 Å². The predicted octanol–water partition coefficient (Wildman–Crippen LogP) is 7.06. The highest BCUT2D eigenvalue weighted by molar-refractivity contribution is 5.86. The smallest absolute Gasteiger partial charge is 0.299 e. The molecule has 0 saturated heterocycles. The zero-order valence-corrected chi connectivity index (χ0v) is 25.8. The summed E-state index contributed by atoms with van der Waals surface area (Å²) in [5.74, 6) is 2.00. The highest BCUT2D eigenvalue weighted by Gasteiger charge is 2.36. The van der Waals surface area contributed by atoms with Gasteiger partial charge in [-0.2, -0.15) is 4.98 Å². The molecule has 1 N–H and O–H groups in total. The van der Waals surface area contributed by atoms with Crippen LogP contribution in [0, 0.1) is 5.82 Å². The van der Waals surface area contributed by atoms with Gasteiger partial charge in [0, 0.05) is 23.9 Å². The number of hydrogen-bond donors (Lipinski definition) is 1. The standard InChI is InChI=1S/C36H33FN6O3/c1-36(2)22-46-35-40-31-33(41-32(42-34(31)43(35)36)26-17-27(37)20-38-19-26)39-15-14-23-12-13-30(45-21-24-8-5-4-6-9-24)29(16-23)25-10-7-11-28(18-25)44-3/h4-13,16-20H,14-15,21-22H2,1-3H3,(H,39,41,42). The maximum absolute atomic E-state index is 14.1. The minimum absolute atomic E-state index is 0.353. The molecule has 0 fully saturated rings. The van der Waals surface area contributed by atoms with Gasteiger partial charge in [0.25, 0.3) is 6.01 Å². The van der Waals surface area contributed by atoms with E-state index in [1.54, 1.807) is 13.3 Å². The Bertz CT molecular complexity index is 2030. The van der Waals surface area contributed by atoms with Crippen molar-refractivity contribution in [3.05, 3.63) is 108 Å². The van der Waals surface area contributed by atoms with Crippen LogP contribution < -0.4 is 19.5 Å². The van der Waals surface area contributed by atoms with Gasteiger partial charge >= 0.3 is 0 Å². The van der Waals surface area contributed by atoms with Crippen molar-refractivity contribution in [3.8, 4) is 40.0 Å². The number of imidazole rings is 1. The topological polar surface area (TPSA) is 96.2 Å². The van der Waals surface area contributed by atoms with E-state index in [0.29, 0.717) is 60.6 Å². The van der Waals surface area contributed by atoms with Gasteiger partial charge in [-0.15, -0.1) is 0 Å². The van der Waals surface area contributed by atoms with Crippen LogP contribution in [0.5, 0.6) is 17.5 Å². The molecule has 0 amide bonds. The van der Waals surface area contributed by atoms with E-state index >= 15 is 0 Å². The van der Waals surface area contributed by atoms with Crippen LogP contribution in [0.2, 0.25) is 0 Å². The molecule has 0 bridgehead atoms. The molecule has 7 rings (SSSR count). The third kappa shape index (κ3) is 5.81. The number of benzene rings is 3. The fourth-order valence-electron chi connectivity index (χ4n) is 5.61. The Balaban J connectivity index is 1.18. The minimum Gasteiger partial charge on any atom is -0.497 e.